The van der Waals surface area contributed by atoms with E-state index in [1.807, 2.05) is 6.92 Å². The summed E-state index contributed by atoms with van der Waals surface area (Å²) >= 11 is 0. The van der Waals surface area contributed by atoms with Gasteiger partial charge in [0.2, 0.25) is 0 Å². The minimum atomic E-state index is -0.538. The first-order chi connectivity index (χ1) is 8.56. The molecule has 0 aliphatic rings. The lowest BCUT2D eigenvalue weighted by Gasteiger charge is -2.11. The molecule has 5 nitrogen and oxygen atoms in total. The highest BCUT2D eigenvalue weighted by molar-refractivity contribution is 5.94. The first kappa shape index (κ1) is 12.2. The molecule has 1 amide bonds. The van der Waals surface area contributed by atoms with Crippen LogP contribution in [0.25, 0.3) is 0 Å². The first-order valence-corrected chi connectivity index (χ1v) is 5.49. The molecule has 0 bridgehead atoms. The van der Waals surface area contributed by atoms with Crippen LogP contribution in [0.2, 0.25) is 0 Å². The fraction of sp³-hybridized carbons (Fsp3) is 0.250. The lowest BCUT2D eigenvalue weighted by Crippen LogP contribution is -2.27. The Morgan fingerprint density at radius 2 is 2.22 bits per heavy atom. The van der Waals surface area contributed by atoms with Crippen LogP contribution in [0, 0.1) is 12.7 Å². The zero-order chi connectivity index (χ0) is 13.1. The molecule has 0 aromatic carbocycles. The Kier molecular flexibility index (Phi) is 3.36. The number of imidazole rings is 1. The summed E-state index contributed by atoms with van der Waals surface area (Å²) in [6.45, 7) is 3.67. The van der Waals surface area contributed by atoms with Gasteiger partial charge in [-0.05, 0) is 19.9 Å². The molecule has 94 valence electrons. The Labute approximate surface area is 103 Å². The summed E-state index contributed by atoms with van der Waals surface area (Å²) in [5, 5.41) is 2.71. The molecule has 18 heavy (non-hydrogen) atoms. The maximum absolute atomic E-state index is 12.9. The van der Waals surface area contributed by atoms with Gasteiger partial charge in [-0.25, -0.2) is 9.37 Å². The molecule has 6 heteroatoms. The number of halogens is 1. The zero-order valence-electron chi connectivity index (χ0n) is 10.1. The summed E-state index contributed by atoms with van der Waals surface area (Å²) in [6, 6.07) is 0.858. The van der Waals surface area contributed by atoms with Gasteiger partial charge in [-0.15, -0.1) is 0 Å². The van der Waals surface area contributed by atoms with E-state index in [4.69, 9.17) is 0 Å². The van der Waals surface area contributed by atoms with Gasteiger partial charge in [-0.2, -0.15) is 0 Å². The molecule has 0 radical (unpaired) electrons. The molecule has 2 heterocycles. The molecule has 0 spiro atoms. The number of aromatic amines is 1. The van der Waals surface area contributed by atoms with E-state index >= 15 is 0 Å². The average molecular weight is 248 g/mol. The van der Waals surface area contributed by atoms with Gasteiger partial charge in [0.1, 0.15) is 11.6 Å². The predicted molar refractivity (Wildman–Crippen MR) is 63.4 cm³/mol. The highest BCUT2D eigenvalue weighted by Gasteiger charge is 2.14. The minimum absolute atomic E-state index is 0.185. The van der Waals surface area contributed by atoms with Crippen LogP contribution < -0.4 is 5.32 Å². The molecule has 2 aromatic rings. The molecule has 0 fully saturated rings. The second-order valence-corrected chi connectivity index (χ2v) is 4.04. The lowest BCUT2D eigenvalue weighted by molar-refractivity contribution is 0.0937. The summed E-state index contributed by atoms with van der Waals surface area (Å²) in [6.07, 6.45) is 4.05. The zero-order valence-corrected chi connectivity index (χ0v) is 10.1. The molecule has 2 N–H and O–H groups in total. The van der Waals surface area contributed by atoms with E-state index in [2.05, 4.69) is 20.3 Å². The van der Waals surface area contributed by atoms with Gasteiger partial charge in [0.05, 0.1) is 17.8 Å². The number of carbonyl (C=O) groups excluding carboxylic acids is 1. The van der Waals surface area contributed by atoms with Crippen LogP contribution in [0.4, 0.5) is 4.39 Å². The number of pyridine rings is 1. The van der Waals surface area contributed by atoms with E-state index in [0.717, 1.165) is 18.0 Å². The monoisotopic (exact) mass is 248 g/mol. The van der Waals surface area contributed by atoms with E-state index in [1.165, 1.54) is 6.20 Å². The van der Waals surface area contributed by atoms with Crippen LogP contribution in [0.1, 0.15) is 34.8 Å². The van der Waals surface area contributed by atoms with Crippen molar-refractivity contribution in [1.82, 2.24) is 20.3 Å². The van der Waals surface area contributed by atoms with Crippen molar-refractivity contribution in [3.8, 4) is 0 Å². The van der Waals surface area contributed by atoms with Gasteiger partial charge in [-0.1, -0.05) is 0 Å². The van der Waals surface area contributed by atoms with Crippen LogP contribution >= 0.6 is 0 Å². The Morgan fingerprint density at radius 1 is 1.44 bits per heavy atom. The smallest absolute Gasteiger partial charge is 0.253 e. The third-order valence-electron chi connectivity index (χ3n) is 2.45. The molecule has 1 atom stereocenters. The third-order valence-corrected chi connectivity index (χ3v) is 2.45. The number of hydrogen-bond acceptors (Lipinski definition) is 3. The number of rotatable bonds is 3. The molecule has 0 aliphatic carbocycles. The van der Waals surface area contributed by atoms with Crippen LogP contribution in [-0.4, -0.2) is 20.9 Å². The molecule has 2 rings (SSSR count). The molecule has 2 aromatic heterocycles. The Hall–Kier alpha value is -2.24. The van der Waals surface area contributed by atoms with Gasteiger partial charge in [0.25, 0.3) is 5.91 Å². The number of aryl methyl sites for hydroxylation is 1. The van der Waals surface area contributed by atoms with Crippen molar-refractivity contribution in [1.29, 1.82) is 0 Å². The number of hydrogen-bond donors (Lipinski definition) is 2. The molecular weight excluding hydrogens is 235 g/mol. The largest absolute Gasteiger partial charge is 0.344 e. The number of H-pyrrole nitrogens is 1. The number of aromatic nitrogens is 3. The van der Waals surface area contributed by atoms with Crippen molar-refractivity contribution >= 4 is 5.91 Å². The number of nitrogens with one attached hydrogen (secondary N) is 2. The standard InChI is InChI=1S/C12H13FN4O/c1-7-4-15-11(16-7)8(2)17-12(18)9-3-10(13)6-14-5-9/h3-6,8H,1-2H3,(H,15,16)(H,17,18)/t8-/m1/s1. The Morgan fingerprint density at radius 3 is 2.83 bits per heavy atom. The third kappa shape index (κ3) is 2.71. The van der Waals surface area contributed by atoms with Gasteiger partial charge < -0.3 is 10.3 Å². The summed E-state index contributed by atoms with van der Waals surface area (Å²) in [4.78, 5) is 22.6. The van der Waals surface area contributed by atoms with Gasteiger partial charge in [0.15, 0.2) is 0 Å². The second kappa shape index (κ2) is 4.95. The molecular formula is C12H13FN4O. The van der Waals surface area contributed by atoms with Crippen LogP contribution in [0.3, 0.4) is 0 Å². The first-order valence-electron chi connectivity index (χ1n) is 5.49. The van der Waals surface area contributed by atoms with Gasteiger partial charge >= 0.3 is 0 Å². The number of nitrogens with zero attached hydrogens (tertiary/aromatic N) is 2. The van der Waals surface area contributed by atoms with Crippen LogP contribution in [0.15, 0.2) is 24.7 Å². The number of carbonyl (C=O) groups is 1. The van der Waals surface area contributed by atoms with Crippen molar-refractivity contribution in [2.45, 2.75) is 19.9 Å². The fourth-order valence-electron chi connectivity index (χ4n) is 1.54. The minimum Gasteiger partial charge on any atom is -0.344 e. The van der Waals surface area contributed by atoms with Crippen molar-refractivity contribution in [2.75, 3.05) is 0 Å². The summed E-state index contributed by atoms with van der Waals surface area (Å²) in [5.74, 6) is -0.266. The maximum atomic E-state index is 12.9. The van der Waals surface area contributed by atoms with Gasteiger partial charge in [0, 0.05) is 18.1 Å². The fourth-order valence-corrected chi connectivity index (χ4v) is 1.54. The average Bonchev–Trinajstić information content (AvgIpc) is 2.76. The van der Waals surface area contributed by atoms with Crippen molar-refractivity contribution in [3.63, 3.8) is 0 Å². The van der Waals surface area contributed by atoms with Gasteiger partial charge in [-0.3, -0.25) is 9.78 Å². The van der Waals surface area contributed by atoms with Crippen molar-refractivity contribution < 1.29 is 9.18 Å². The molecule has 0 saturated carbocycles. The topological polar surface area (TPSA) is 70.7 Å². The van der Waals surface area contributed by atoms with Crippen LogP contribution in [-0.2, 0) is 0 Å². The molecule has 0 aliphatic heterocycles. The van der Waals surface area contributed by atoms with E-state index in [1.54, 1.807) is 13.1 Å². The SMILES string of the molecule is Cc1cnc([C@@H](C)NC(=O)c2cncc(F)c2)[nH]1. The van der Waals surface area contributed by atoms with Crippen molar-refractivity contribution in [3.05, 3.63) is 47.6 Å². The van der Waals surface area contributed by atoms with Crippen molar-refractivity contribution in [2.24, 2.45) is 0 Å². The second-order valence-electron chi connectivity index (χ2n) is 4.04. The summed E-state index contributed by atoms with van der Waals surface area (Å²) < 4.78 is 12.9. The van der Waals surface area contributed by atoms with E-state index in [0.29, 0.717) is 5.82 Å². The highest BCUT2D eigenvalue weighted by Crippen LogP contribution is 2.09. The summed E-state index contributed by atoms with van der Waals surface area (Å²) in [5.41, 5.74) is 1.10. The maximum Gasteiger partial charge on any atom is 0.253 e. The van der Waals surface area contributed by atoms with Crippen LogP contribution in [0.5, 0.6) is 0 Å². The van der Waals surface area contributed by atoms with E-state index < -0.39 is 5.82 Å². The summed E-state index contributed by atoms with van der Waals surface area (Å²) in [7, 11) is 0. The quantitative estimate of drug-likeness (QED) is 0.869. The van der Waals surface area contributed by atoms with E-state index in [9.17, 15) is 9.18 Å². The molecule has 0 saturated heterocycles. The van der Waals surface area contributed by atoms with E-state index in [-0.39, 0.29) is 17.5 Å². The Balaban J connectivity index is 2.08. The highest BCUT2D eigenvalue weighted by atomic mass is 19.1. The Bertz CT molecular complexity index is 567. The number of amides is 1. The molecule has 0 unspecified atom stereocenters. The lowest BCUT2D eigenvalue weighted by atomic mass is 10.2. The predicted octanol–water partition coefficient (Wildman–Crippen LogP) is 1.74. The normalized spacial score (nSPS) is 12.2.